The summed E-state index contributed by atoms with van der Waals surface area (Å²) in [4.78, 5) is 12.5. The van der Waals surface area contributed by atoms with Crippen LogP contribution in [0.25, 0.3) is 28.5 Å². The highest BCUT2D eigenvalue weighted by Crippen LogP contribution is 2.43. The molecule has 3 rings (SSSR count). The molecule has 0 unspecified atom stereocenters. The second kappa shape index (κ2) is 13.9. The molecule has 39 heavy (non-hydrogen) atoms. The van der Waals surface area contributed by atoms with E-state index in [2.05, 4.69) is 19.0 Å². The molecule has 210 valence electrons. The molecule has 7 heteroatoms. The fraction of sp³-hybridized carbons (Fsp3) is 0.438. The third kappa shape index (κ3) is 8.37. The summed E-state index contributed by atoms with van der Waals surface area (Å²) < 4.78 is 29.1. The summed E-state index contributed by atoms with van der Waals surface area (Å²) in [7, 11) is 1.64. The van der Waals surface area contributed by atoms with Crippen LogP contribution in [0.5, 0.6) is 17.2 Å². The predicted molar refractivity (Wildman–Crippen MR) is 154 cm³/mol. The molecule has 0 aliphatic rings. The first kappa shape index (κ1) is 29.8. The number of benzene rings is 2. The number of nitrogens with zero attached hydrogens (tertiary/aromatic N) is 1. The Kier molecular flexibility index (Phi) is 10.6. The van der Waals surface area contributed by atoms with Crippen LogP contribution in [0.15, 0.2) is 47.0 Å². The molecule has 0 saturated carbocycles. The highest BCUT2D eigenvalue weighted by Gasteiger charge is 2.23. The molecule has 0 fully saturated rings. The van der Waals surface area contributed by atoms with Gasteiger partial charge in [0.2, 0.25) is 0 Å². The van der Waals surface area contributed by atoms with Gasteiger partial charge in [-0.3, -0.25) is 0 Å². The van der Waals surface area contributed by atoms with E-state index in [-0.39, 0.29) is 0 Å². The zero-order chi connectivity index (χ0) is 28.4. The average Bonchev–Trinajstić information content (AvgIpc) is 3.28. The SMILES string of the molecule is CCCCOc1cc(OCCCC)c(-c2onc(C)c2-c2ccc(OC)cc2)cc1/C=C/C(=O)OC(C)(C)C. The fourth-order valence-electron chi connectivity index (χ4n) is 3.93. The maximum absolute atomic E-state index is 12.5. The number of aromatic nitrogens is 1. The third-order valence-corrected chi connectivity index (χ3v) is 5.91. The molecular formula is C32H41NO6. The van der Waals surface area contributed by atoms with Gasteiger partial charge in [0.1, 0.15) is 22.8 Å². The van der Waals surface area contributed by atoms with Crippen molar-refractivity contribution in [3.63, 3.8) is 0 Å². The van der Waals surface area contributed by atoms with Crippen LogP contribution < -0.4 is 14.2 Å². The molecule has 0 N–H and O–H groups in total. The van der Waals surface area contributed by atoms with Crippen molar-refractivity contribution in [1.29, 1.82) is 0 Å². The Morgan fingerprint density at radius 1 is 0.974 bits per heavy atom. The summed E-state index contributed by atoms with van der Waals surface area (Å²) in [5.41, 5.74) is 3.41. The summed E-state index contributed by atoms with van der Waals surface area (Å²) in [6.07, 6.45) is 6.96. The molecule has 2 aromatic carbocycles. The van der Waals surface area contributed by atoms with E-state index in [1.54, 1.807) is 13.2 Å². The van der Waals surface area contributed by atoms with Crippen LogP contribution in [0.3, 0.4) is 0 Å². The molecule has 3 aromatic rings. The standard InChI is InChI=1S/C32H41NO6/c1-8-10-18-36-27-21-28(37-19-11-9-2)26(20-24(27)14-17-29(34)38-32(4,5)6)31-30(22(3)33-39-31)23-12-15-25(35-7)16-13-23/h12-17,20-21H,8-11,18-19H2,1-7H3/b17-14+. The lowest BCUT2D eigenvalue weighted by Gasteiger charge is -2.18. The van der Waals surface area contributed by atoms with Gasteiger partial charge in [0.25, 0.3) is 0 Å². The van der Waals surface area contributed by atoms with E-state index >= 15 is 0 Å². The van der Waals surface area contributed by atoms with Crippen molar-refractivity contribution in [2.75, 3.05) is 20.3 Å². The summed E-state index contributed by atoms with van der Waals surface area (Å²) in [6.45, 7) is 12.8. The largest absolute Gasteiger partial charge is 0.497 e. The normalized spacial score (nSPS) is 11.6. The number of rotatable bonds is 13. The lowest BCUT2D eigenvalue weighted by Crippen LogP contribution is -2.22. The van der Waals surface area contributed by atoms with Gasteiger partial charge >= 0.3 is 5.97 Å². The first-order chi connectivity index (χ1) is 18.7. The van der Waals surface area contributed by atoms with E-state index in [0.717, 1.165) is 53.8 Å². The Hall–Kier alpha value is -3.74. The Morgan fingerprint density at radius 3 is 2.21 bits per heavy atom. The Bertz CT molecular complexity index is 1250. The van der Waals surface area contributed by atoms with Gasteiger partial charge in [-0.1, -0.05) is 44.0 Å². The first-order valence-electron chi connectivity index (χ1n) is 13.6. The Balaban J connectivity index is 2.15. The van der Waals surface area contributed by atoms with Gasteiger partial charge in [-0.25, -0.2) is 4.79 Å². The number of hydrogen-bond donors (Lipinski definition) is 0. The second-order valence-corrected chi connectivity index (χ2v) is 10.4. The van der Waals surface area contributed by atoms with Crippen LogP contribution in [0.1, 0.15) is 71.6 Å². The molecule has 0 saturated heterocycles. The van der Waals surface area contributed by atoms with Gasteiger partial charge in [-0.15, -0.1) is 0 Å². The van der Waals surface area contributed by atoms with Gasteiger partial charge in [0.05, 0.1) is 37.1 Å². The highest BCUT2D eigenvalue weighted by molar-refractivity contribution is 5.90. The zero-order valence-corrected chi connectivity index (χ0v) is 24.3. The fourth-order valence-corrected chi connectivity index (χ4v) is 3.93. The molecule has 7 nitrogen and oxygen atoms in total. The summed E-state index contributed by atoms with van der Waals surface area (Å²) >= 11 is 0. The maximum atomic E-state index is 12.5. The highest BCUT2D eigenvalue weighted by atomic mass is 16.6. The third-order valence-electron chi connectivity index (χ3n) is 5.91. The number of esters is 1. The first-order valence-corrected chi connectivity index (χ1v) is 13.6. The minimum absolute atomic E-state index is 0.429. The molecule has 0 radical (unpaired) electrons. The van der Waals surface area contributed by atoms with Crippen molar-refractivity contribution in [2.45, 2.75) is 72.8 Å². The average molecular weight is 536 g/mol. The molecule has 0 aliphatic heterocycles. The van der Waals surface area contributed by atoms with E-state index in [0.29, 0.717) is 36.0 Å². The van der Waals surface area contributed by atoms with Crippen molar-refractivity contribution in [3.05, 3.63) is 53.7 Å². The van der Waals surface area contributed by atoms with E-state index in [1.165, 1.54) is 6.08 Å². The van der Waals surface area contributed by atoms with E-state index in [4.69, 9.17) is 23.5 Å². The van der Waals surface area contributed by atoms with Crippen LogP contribution >= 0.6 is 0 Å². The van der Waals surface area contributed by atoms with Crippen molar-refractivity contribution >= 4 is 12.0 Å². The minimum Gasteiger partial charge on any atom is -0.497 e. The predicted octanol–water partition coefficient (Wildman–Crippen LogP) is 8.04. The second-order valence-electron chi connectivity index (χ2n) is 10.4. The minimum atomic E-state index is -0.589. The summed E-state index contributed by atoms with van der Waals surface area (Å²) in [6, 6.07) is 11.6. The molecule has 0 aliphatic carbocycles. The van der Waals surface area contributed by atoms with Crippen molar-refractivity contribution < 1.29 is 28.3 Å². The van der Waals surface area contributed by atoms with Crippen LogP contribution in [0, 0.1) is 6.92 Å². The number of ether oxygens (including phenoxy) is 4. The molecule has 0 bridgehead atoms. The van der Waals surface area contributed by atoms with E-state index in [1.807, 2.05) is 64.1 Å². The Morgan fingerprint density at radius 2 is 1.62 bits per heavy atom. The molecular weight excluding hydrogens is 494 g/mol. The number of carbonyl (C=O) groups is 1. The lowest BCUT2D eigenvalue weighted by molar-refractivity contribution is -0.148. The van der Waals surface area contributed by atoms with E-state index in [9.17, 15) is 4.79 Å². The lowest BCUT2D eigenvalue weighted by atomic mass is 9.97. The topological polar surface area (TPSA) is 80.0 Å². The quantitative estimate of drug-likeness (QED) is 0.124. The number of methoxy groups -OCH3 is 1. The molecule has 0 spiro atoms. The zero-order valence-electron chi connectivity index (χ0n) is 24.3. The molecule has 0 atom stereocenters. The van der Waals surface area contributed by atoms with Gasteiger partial charge in [0.15, 0.2) is 5.76 Å². The molecule has 1 aromatic heterocycles. The number of aryl methyl sites for hydroxylation is 1. The summed E-state index contributed by atoms with van der Waals surface area (Å²) in [5.74, 6) is 2.18. The van der Waals surface area contributed by atoms with Crippen LogP contribution in [-0.4, -0.2) is 37.1 Å². The monoisotopic (exact) mass is 535 g/mol. The number of hydrogen-bond acceptors (Lipinski definition) is 7. The van der Waals surface area contributed by atoms with Crippen molar-refractivity contribution in [3.8, 4) is 39.7 Å². The van der Waals surface area contributed by atoms with Gasteiger partial charge in [0, 0.05) is 17.7 Å². The summed E-state index contributed by atoms with van der Waals surface area (Å²) in [5, 5.41) is 4.29. The van der Waals surface area contributed by atoms with Crippen molar-refractivity contribution in [2.24, 2.45) is 0 Å². The molecule has 1 heterocycles. The molecule has 0 amide bonds. The Labute approximate surface area is 232 Å². The van der Waals surface area contributed by atoms with Crippen LogP contribution in [0.2, 0.25) is 0 Å². The number of unbranched alkanes of at least 4 members (excludes halogenated alkanes) is 2. The van der Waals surface area contributed by atoms with Crippen LogP contribution in [-0.2, 0) is 9.53 Å². The van der Waals surface area contributed by atoms with E-state index < -0.39 is 11.6 Å². The number of carbonyl (C=O) groups excluding carboxylic acids is 1. The van der Waals surface area contributed by atoms with Gasteiger partial charge in [-0.05, 0) is 70.4 Å². The van der Waals surface area contributed by atoms with Crippen LogP contribution in [0.4, 0.5) is 0 Å². The maximum Gasteiger partial charge on any atom is 0.331 e. The van der Waals surface area contributed by atoms with Gasteiger partial charge < -0.3 is 23.5 Å². The smallest absolute Gasteiger partial charge is 0.331 e. The van der Waals surface area contributed by atoms with Crippen molar-refractivity contribution in [1.82, 2.24) is 5.16 Å². The van der Waals surface area contributed by atoms with Gasteiger partial charge in [-0.2, -0.15) is 0 Å².